The third kappa shape index (κ3) is 10.8. The highest BCUT2D eigenvalue weighted by atomic mass is 19.4. The molecule has 0 aliphatic carbocycles. The molecule has 8 heteroatoms. The first-order chi connectivity index (χ1) is 50.6. The normalized spacial score (nSPS) is 11.9. The number of nitrogens with zero attached hydrogens (tertiary/aromatic N) is 4. The van der Waals surface area contributed by atoms with E-state index in [1.165, 1.54) is 111 Å². The quantitative estimate of drug-likeness (QED) is 0.164. The zero-order chi connectivity index (χ0) is 70.8. The van der Waals surface area contributed by atoms with Crippen LogP contribution in [0.15, 0.2) is 303 Å². The van der Waals surface area contributed by atoms with Crippen molar-refractivity contribution in [2.45, 2.75) is 54.6 Å². The average molecular weight is 1350 g/mol. The molecule has 0 spiro atoms. The summed E-state index contributed by atoms with van der Waals surface area (Å²) in [6.45, 7) is 14.9. The molecule has 104 heavy (non-hydrogen) atoms. The molecule has 0 bridgehead atoms. The molecule has 0 atom stereocenters. The van der Waals surface area contributed by atoms with Gasteiger partial charge in [-0.05, 0) is 247 Å². The molecule has 0 amide bonds. The summed E-state index contributed by atoms with van der Waals surface area (Å²) in [6.07, 6.45) is -4.44. The van der Waals surface area contributed by atoms with Crippen LogP contribution in [0.1, 0.15) is 44.5 Å². The lowest BCUT2D eigenvalue weighted by molar-refractivity contribution is -0.137. The zero-order valence-electron chi connectivity index (χ0n) is 58.8. The van der Waals surface area contributed by atoms with Gasteiger partial charge in [-0.15, -0.1) is 0 Å². The Morgan fingerprint density at radius 2 is 0.692 bits per heavy atom. The van der Waals surface area contributed by atoms with Gasteiger partial charge in [-0.3, -0.25) is 0 Å². The van der Waals surface area contributed by atoms with Crippen LogP contribution >= 0.6 is 0 Å². The Kier molecular flexibility index (Phi) is 15.2. The number of hydrogen-bond acceptors (Lipinski definition) is 3. The third-order valence-corrected chi connectivity index (χ3v) is 21.3. The van der Waals surface area contributed by atoms with Gasteiger partial charge in [0, 0.05) is 82.9 Å². The summed E-state index contributed by atoms with van der Waals surface area (Å²) in [6, 6.07) is 106. The minimum atomic E-state index is -4.44. The van der Waals surface area contributed by atoms with Gasteiger partial charge in [0.2, 0.25) is 0 Å². The second-order valence-electron chi connectivity index (χ2n) is 28.2. The summed E-state index contributed by atoms with van der Waals surface area (Å²) in [5, 5.41) is 22.9. The van der Waals surface area contributed by atoms with Crippen molar-refractivity contribution in [3.05, 3.63) is 348 Å². The van der Waals surface area contributed by atoms with Crippen LogP contribution in [0.25, 0.3) is 119 Å². The SMILES string of the molecule is Cc1ccc(N(c2ccc3cc4c5ccc(N(c6ccc(C(F)(F)F)cc6)c6ccccc6C)c6c7cc8ccccc8cc7n(c4cc3c2)c56)c2ccccc2C)cc1.Cc1ccc(Nc2ccccc2C)cc1.Cc1ccc2cc3c4ccc(C)c5c6cc7ccccc7cc6n(c3cc2c1)c45. The van der Waals surface area contributed by atoms with Crippen molar-refractivity contribution in [2.24, 2.45) is 0 Å². The maximum Gasteiger partial charge on any atom is 0.416 e. The zero-order valence-corrected chi connectivity index (χ0v) is 58.8. The summed E-state index contributed by atoms with van der Waals surface area (Å²) in [5.41, 5.74) is 23.2. The van der Waals surface area contributed by atoms with Crippen molar-refractivity contribution in [1.29, 1.82) is 0 Å². The number of rotatable bonds is 8. The smallest absolute Gasteiger partial charge is 0.355 e. The Morgan fingerprint density at radius 1 is 0.279 bits per heavy atom. The van der Waals surface area contributed by atoms with Crippen molar-refractivity contribution in [1.82, 2.24) is 8.80 Å². The number of halogens is 3. The van der Waals surface area contributed by atoms with Crippen LogP contribution in [0, 0.1) is 48.5 Å². The number of anilines is 8. The molecule has 20 aromatic rings. The van der Waals surface area contributed by atoms with E-state index in [4.69, 9.17) is 0 Å². The average Bonchev–Trinajstić information content (AvgIpc) is 1.54. The lowest BCUT2D eigenvalue weighted by Gasteiger charge is -2.28. The molecule has 0 radical (unpaired) electrons. The molecule has 16 aromatic carbocycles. The Labute approximate surface area is 600 Å². The van der Waals surface area contributed by atoms with Crippen LogP contribution in [0.3, 0.4) is 0 Å². The van der Waals surface area contributed by atoms with E-state index in [2.05, 4.69) is 314 Å². The molecule has 0 fully saturated rings. The topological polar surface area (TPSA) is 27.3 Å². The molecule has 4 heterocycles. The summed E-state index contributed by atoms with van der Waals surface area (Å²) in [7, 11) is 0. The molecule has 4 aromatic heterocycles. The van der Waals surface area contributed by atoms with Gasteiger partial charge >= 0.3 is 6.18 Å². The van der Waals surface area contributed by atoms with E-state index < -0.39 is 11.7 Å². The number of nitrogens with one attached hydrogen (secondary N) is 1. The number of para-hydroxylation sites is 3. The first-order valence-electron chi connectivity index (χ1n) is 35.5. The van der Waals surface area contributed by atoms with Crippen LogP contribution in [0.5, 0.6) is 0 Å². The molecular weight excluding hydrogens is 1280 g/mol. The third-order valence-electron chi connectivity index (χ3n) is 21.3. The predicted octanol–water partition coefficient (Wildman–Crippen LogP) is 27.8. The summed E-state index contributed by atoms with van der Waals surface area (Å²) < 4.78 is 46.5. The number of aryl methyl sites for hydroxylation is 7. The summed E-state index contributed by atoms with van der Waals surface area (Å²) >= 11 is 0. The van der Waals surface area contributed by atoms with Gasteiger partial charge in [0.15, 0.2) is 0 Å². The number of hydrogen-bond donors (Lipinski definition) is 1. The number of fused-ring (bicyclic) bond motifs is 16. The van der Waals surface area contributed by atoms with Gasteiger partial charge in [-0.1, -0.05) is 187 Å². The molecule has 0 aliphatic heterocycles. The van der Waals surface area contributed by atoms with Crippen LogP contribution in [-0.4, -0.2) is 8.80 Å². The van der Waals surface area contributed by atoms with Crippen LogP contribution in [0.2, 0.25) is 0 Å². The molecule has 0 unspecified atom stereocenters. The van der Waals surface area contributed by atoms with Crippen LogP contribution in [-0.2, 0) is 6.18 Å². The van der Waals surface area contributed by atoms with Gasteiger partial charge in [-0.2, -0.15) is 13.2 Å². The van der Waals surface area contributed by atoms with Gasteiger partial charge in [0.25, 0.3) is 0 Å². The molecule has 1 N–H and O–H groups in total. The highest BCUT2D eigenvalue weighted by Crippen LogP contribution is 2.51. The minimum Gasteiger partial charge on any atom is -0.355 e. The molecule has 0 saturated heterocycles. The highest BCUT2D eigenvalue weighted by molar-refractivity contribution is 6.30. The van der Waals surface area contributed by atoms with E-state index in [-0.39, 0.29) is 0 Å². The fourth-order valence-electron chi connectivity index (χ4n) is 16.0. The molecule has 0 aliphatic rings. The van der Waals surface area contributed by atoms with Gasteiger partial charge in [0.1, 0.15) is 0 Å². The summed E-state index contributed by atoms with van der Waals surface area (Å²) in [4.78, 5) is 4.45. The Morgan fingerprint density at radius 3 is 1.27 bits per heavy atom. The summed E-state index contributed by atoms with van der Waals surface area (Å²) in [5.74, 6) is 0. The van der Waals surface area contributed by atoms with Crippen LogP contribution in [0.4, 0.5) is 58.7 Å². The van der Waals surface area contributed by atoms with Gasteiger partial charge in [-0.25, -0.2) is 0 Å². The number of aromatic nitrogens is 2. The lowest BCUT2D eigenvalue weighted by Crippen LogP contribution is -2.12. The van der Waals surface area contributed by atoms with Crippen molar-refractivity contribution in [2.75, 3.05) is 15.1 Å². The molecule has 20 rings (SSSR count). The Hall–Kier alpha value is -12.7. The maximum absolute atomic E-state index is 13.9. The van der Waals surface area contributed by atoms with Gasteiger partial charge < -0.3 is 23.9 Å². The van der Waals surface area contributed by atoms with E-state index in [0.717, 1.165) is 99.3 Å². The van der Waals surface area contributed by atoms with E-state index in [1.807, 2.05) is 37.3 Å². The predicted molar refractivity (Wildman–Crippen MR) is 436 cm³/mol. The van der Waals surface area contributed by atoms with E-state index in [0.29, 0.717) is 5.69 Å². The van der Waals surface area contributed by atoms with Gasteiger partial charge in [0.05, 0.1) is 44.4 Å². The molecule has 5 nitrogen and oxygen atoms in total. The van der Waals surface area contributed by atoms with Crippen LogP contribution < -0.4 is 15.1 Å². The first kappa shape index (κ1) is 63.5. The molecule has 0 saturated carbocycles. The van der Waals surface area contributed by atoms with Crippen molar-refractivity contribution >= 4 is 165 Å². The number of alkyl halides is 3. The van der Waals surface area contributed by atoms with E-state index in [1.54, 1.807) is 12.1 Å². The minimum absolute atomic E-state index is 0.648. The van der Waals surface area contributed by atoms with Crippen molar-refractivity contribution < 1.29 is 13.2 Å². The second kappa shape index (κ2) is 24.9. The lowest BCUT2D eigenvalue weighted by atomic mass is 10.00. The first-order valence-corrected chi connectivity index (χ1v) is 35.5. The largest absolute Gasteiger partial charge is 0.416 e. The maximum atomic E-state index is 13.9. The van der Waals surface area contributed by atoms with Crippen molar-refractivity contribution in [3.8, 4) is 0 Å². The highest BCUT2D eigenvalue weighted by Gasteiger charge is 2.32. The van der Waals surface area contributed by atoms with E-state index >= 15 is 0 Å². The number of benzene rings is 16. The Bertz CT molecular complexity index is 6760. The molecular formula is C96H72F3N5. The van der Waals surface area contributed by atoms with Crippen molar-refractivity contribution in [3.63, 3.8) is 0 Å². The molecule has 502 valence electrons. The second-order valence-corrected chi connectivity index (χ2v) is 28.2. The van der Waals surface area contributed by atoms with E-state index in [9.17, 15) is 13.2 Å². The fraction of sp³-hybridized carbons (Fsp3) is 0.0833. The monoisotopic (exact) mass is 1350 g/mol. The Balaban J connectivity index is 0.000000142. The standard InChI is InChI=1S/C54H38F3N3.C28H19N.C14H15N/c1-33-16-21-41(22-17-33)58(47-14-8-4-10-34(47)2)43-23-18-38-29-45-44-26-27-49(59(48-15-9-5-11-35(48)3)42-24-19-40(20-25-42)54(55,56)57)52-46-30-36-12-6-7-13-37(36)31-51(46)60(53(44)52)50(45)32-39(38)28-43;1-16-7-9-20-12-23-22-10-8-17(2)27-24-13-18-5-3-4-6-19(18)14-26(24)29(28(22)27)25(23)15-21(20)11-16;1-11-7-9-13(10-8-11)15-14-6-4-3-5-12(14)2/h4-32H,1-3H3;3-15H,1-2H3;3-10,15H,1-2H3. The fourth-order valence-corrected chi connectivity index (χ4v) is 16.0.